The van der Waals surface area contributed by atoms with E-state index >= 15 is 0 Å². The van der Waals surface area contributed by atoms with Crippen LogP contribution in [-0.4, -0.2) is 24.0 Å². The molecule has 1 atom stereocenters. The molecule has 1 saturated heterocycles. The highest BCUT2D eigenvalue weighted by molar-refractivity contribution is 5.92. The third kappa shape index (κ3) is 2.33. The number of rotatable bonds is 2. The molecule has 15 heavy (non-hydrogen) atoms. The summed E-state index contributed by atoms with van der Waals surface area (Å²) in [5.41, 5.74) is 0.997. The van der Waals surface area contributed by atoms with Gasteiger partial charge in [-0.25, -0.2) is 4.98 Å². The number of carbonyl (C=O) groups is 1. The van der Waals surface area contributed by atoms with Crippen LogP contribution in [0.25, 0.3) is 0 Å². The van der Waals surface area contributed by atoms with Gasteiger partial charge in [-0.15, -0.1) is 0 Å². The van der Waals surface area contributed by atoms with Crippen molar-refractivity contribution in [2.75, 3.05) is 18.4 Å². The molecule has 0 aliphatic carbocycles. The van der Waals surface area contributed by atoms with E-state index in [0.29, 0.717) is 5.82 Å². The first-order valence-corrected chi connectivity index (χ1v) is 5.20. The topological polar surface area (TPSA) is 54.0 Å². The second kappa shape index (κ2) is 4.40. The van der Waals surface area contributed by atoms with Gasteiger partial charge in [-0.1, -0.05) is 6.07 Å². The largest absolute Gasteiger partial charge is 0.316 e. The molecule has 0 aromatic carbocycles. The van der Waals surface area contributed by atoms with Crippen LogP contribution in [0.15, 0.2) is 18.3 Å². The van der Waals surface area contributed by atoms with E-state index in [4.69, 9.17) is 0 Å². The zero-order chi connectivity index (χ0) is 10.7. The highest BCUT2D eigenvalue weighted by Gasteiger charge is 2.22. The first-order chi connectivity index (χ1) is 7.27. The summed E-state index contributed by atoms with van der Waals surface area (Å²) in [4.78, 5) is 15.9. The molecule has 2 N–H and O–H groups in total. The summed E-state index contributed by atoms with van der Waals surface area (Å²) in [7, 11) is 0. The second-order valence-corrected chi connectivity index (χ2v) is 3.85. The van der Waals surface area contributed by atoms with E-state index in [2.05, 4.69) is 15.6 Å². The Hall–Kier alpha value is -1.42. The normalized spacial score (nSPS) is 20.2. The van der Waals surface area contributed by atoms with Crippen LogP contribution in [0.1, 0.15) is 12.0 Å². The van der Waals surface area contributed by atoms with Crippen molar-refractivity contribution in [1.29, 1.82) is 0 Å². The molecular weight excluding hydrogens is 190 g/mol. The molecule has 0 spiro atoms. The van der Waals surface area contributed by atoms with Gasteiger partial charge in [0, 0.05) is 12.7 Å². The van der Waals surface area contributed by atoms with Crippen LogP contribution in [0, 0.1) is 12.8 Å². The summed E-state index contributed by atoms with van der Waals surface area (Å²) in [6.07, 6.45) is 2.60. The lowest BCUT2D eigenvalue weighted by Crippen LogP contribution is -2.25. The van der Waals surface area contributed by atoms with Crippen molar-refractivity contribution in [3.63, 3.8) is 0 Å². The molecule has 4 heteroatoms. The summed E-state index contributed by atoms with van der Waals surface area (Å²) in [6, 6.07) is 3.80. The lowest BCUT2D eigenvalue weighted by Gasteiger charge is -2.10. The number of hydrogen-bond acceptors (Lipinski definition) is 3. The number of amides is 1. The minimum Gasteiger partial charge on any atom is -0.316 e. The predicted molar refractivity (Wildman–Crippen MR) is 58.6 cm³/mol. The Morgan fingerprint density at radius 2 is 2.53 bits per heavy atom. The van der Waals surface area contributed by atoms with Crippen molar-refractivity contribution in [3.8, 4) is 0 Å². The zero-order valence-corrected chi connectivity index (χ0v) is 8.79. The smallest absolute Gasteiger partial charge is 0.229 e. The van der Waals surface area contributed by atoms with Gasteiger partial charge in [-0.05, 0) is 31.5 Å². The quantitative estimate of drug-likeness (QED) is 0.755. The highest BCUT2D eigenvalue weighted by atomic mass is 16.2. The van der Waals surface area contributed by atoms with Gasteiger partial charge >= 0.3 is 0 Å². The molecule has 4 nitrogen and oxygen atoms in total. The minimum absolute atomic E-state index is 0.0711. The van der Waals surface area contributed by atoms with Crippen LogP contribution in [0.5, 0.6) is 0 Å². The summed E-state index contributed by atoms with van der Waals surface area (Å²) in [5.74, 6) is 0.836. The van der Waals surface area contributed by atoms with Crippen molar-refractivity contribution < 1.29 is 4.79 Å². The van der Waals surface area contributed by atoms with Gasteiger partial charge in [-0.2, -0.15) is 0 Å². The number of aromatic nitrogens is 1. The fourth-order valence-corrected chi connectivity index (χ4v) is 1.71. The fourth-order valence-electron chi connectivity index (χ4n) is 1.71. The monoisotopic (exact) mass is 205 g/mol. The van der Waals surface area contributed by atoms with Crippen LogP contribution in [-0.2, 0) is 4.79 Å². The average molecular weight is 205 g/mol. The Morgan fingerprint density at radius 1 is 1.67 bits per heavy atom. The maximum absolute atomic E-state index is 11.8. The van der Waals surface area contributed by atoms with Gasteiger partial charge in [0.15, 0.2) is 0 Å². The molecule has 1 unspecified atom stereocenters. The van der Waals surface area contributed by atoms with Crippen LogP contribution in [0.4, 0.5) is 5.82 Å². The van der Waals surface area contributed by atoms with E-state index < -0.39 is 0 Å². The molecule has 80 valence electrons. The molecule has 1 aliphatic rings. The van der Waals surface area contributed by atoms with Crippen molar-refractivity contribution in [2.24, 2.45) is 5.92 Å². The summed E-state index contributed by atoms with van der Waals surface area (Å²) < 4.78 is 0. The van der Waals surface area contributed by atoms with E-state index in [0.717, 1.165) is 25.1 Å². The zero-order valence-electron chi connectivity index (χ0n) is 8.79. The van der Waals surface area contributed by atoms with Gasteiger partial charge in [-0.3, -0.25) is 4.79 Å². The fraction of sp³-hybridized carbons (Fsp3) is 0.455. The van der Waals surface area contributed by atoms with Crippen LogP contribution in [0.3, 0.4) is 0 Å². The van der Waals surface area contributed by atoms with Crippen molar-refractivity contribution >= 4 is 11.7 Å². The van der Waals surface area contributed by atoms with Gasteiger partial charge in [0.1, 0.15) is 5.82 Å². The number of carbonyl (C=O) groups excluding carboxylic acids is 1. The molecule has 2 rings (SSSR count). The van der Waals surface area contributed by atoms with Crippen LogP contribution in [0.2, 0.25) is 0 Å². The third-order valence-corrected chi connectivity index (χ3v) is 2.68. The maximum Gasteiger partial charge on any atom is 0.229 e. The van der Waals surface area contributed by atoms with Crippen molar-refractivity contribution in [3.05, 3.63) is 23.9 Å². The molecule has 2 heterocycles. The number of nitrogens with one attached hydrogen (secondary N) is 2. The Balaban J connectivity index is 2.02. The number of anilines is 1. The van der Waals surface area contributed by atoms with Crippen LogP contribution >= 0.6 is 0 Å². The Labute approximate surface area is 89.1 Å². The standard InChI is InChI=1S/C11H15N3O/c1-8-3-2-5-13-10(8)14-11(15)9-4-6-12-7-9/h2-3,5,9,12H,4,6-7H2,1H3,(H,13,14,15). The van der Waals surface area contributed by atoms with E-state index in [-0.39, 0.29) is 11.8 Å². The first kappa shape index (κ1) is 10.1. The van der Waals surface area contributed by atoms with Gasteiger partial charge < -0.3 is 10.6 Å². The van der Waals surface area contributed by atoms with Gasteiger partial charge in [0.25, 0.3) is 0 Å². The molecule has 0 saturated carbocycles. The molecule has 0 bridgehead atoms. The number of pyridine rings is 1. The lowest BCUT2D eigenvalue weighted by atomic mass is 10.1. The SMILES string of the molecule is Cc1cccnc1NC(=O)C1CCNC1. The average Bonchev–Trinajstić information content (AvgIpc) is 2.74. The van der Waals surface area contributed by atoms with Gasteiger partial charge in [0.2, 0.25) is 5.91 Å². The second-order valence-electron chi connectivity index (χ2n) is 3.85. The Bertz CT molecular complexity index is 359. The molecular formula is C11H15N3O. The van der Waals surface area contributed by atoms with Crippen LogP contribution < -0.4 is 10.6 Å². The third-order valence-electron chi connectivity index (χ3n) is 2.68. The molecule has 1 fully saturated rings. The summed E-state index contributed by atoms with van der Waals surface area (Å²) in [5, 5.41) is 6.03. The summed E-state index contributed by atoms with van der Waals surface area (Å²) >= 11 is 0. The van der Waals surface area contributed by atoms with E-state index in [1.165, 1.54) is 0 Å². The number of nitrogens with zero attached hydrogens (tertiary/aromatic N) is 1. The summed E-state index contributed by atoms with van der Waals surface area (Å²) in [6.45, 7) is 3.65. The van der Waals surface area contributed by atoms with E-state index in [1.807, 2.05) is 19.1 Å². The molecule has 1 aromatic heterocycles. The molecule has 1 aliphatic heterocycles. The Morgan fingerprint density at radius 3 is 3.20 bits per heavy atom. The highest BCUT2D eigenvalue weighted by Crippen LogP contribution is 2.13. The molecule has 1 aromatic rings. The lowest BCUT2D eigenvalue weighted by molar-refractivity contribution is -0.119. The van der Waals surface area contributed by atoms with E-state index in [9.17, 15) is 4.79 Å². The van der Waals surface area contributed by atoms with E-state index in [1.54, 1.807) is 6.20 Å². The predicted octanol–water partition coefficient (Wildman–Crippen LogP) is 0.938. The maximum atomic E-state index is 11.8. The molecule has 0 radical (unpaired) electrons. The minimum atomic E-state index is 0.0711. The van der Waals surface area contributed by atoms with Gasteiger partial charge in [0.05, 0.1) is 5.92 Å². The Kier molecular flexibility index (Phi) is 2.97. The van der Waals surface area contributed by atoms with Crippen molar-refractivity contribution in [1.82, 2.24) is 10.3 Å². The number of hydrogen-bond donors (Lipinski definition) is 2. The molecule has 1 amide bonds. The first-order valence-electron chi connectivity index (χ1n) is 5.20. The van der Waals surface area contributed by atoms with Crippen molar-refractivity contribution in [2.45, 2.75) is 13.3 Å². The number of aryl methyl sites for hydroxylation is 1.